The van der Waals surface area contributed by atoms with Gasteiger partial charge in [-0.1, -0.05) is 18.2 Å². The van der Waals surface area contributed by atoms with Gasteiger partial charge in [0.1, 0.15) is 0 Å². The predicted molar refractivity (Wildman–Crippen MR) is 94.5 cm³/mol. The van der Waals surface area contributed by atoms with Crippen molar-refractivity contribution in [2.24, 2.45) is 4.99 Å². The van der Waals surface area contributed by atoms with Gasteiger partial charge in [0.05, 0.1) is 16.3 Å². The lowest BCUT2D eigenvalue weighted by Crippen LogP contribution is -2.29. The van der Waals surface area contributed by atoms with E-state index in [1.165, 1.54) is 37.6 Å². The lowest BCUT2D eigenvalue weighted by Gasteiger charge is -2.29. The number of phenolic OH excluding ortho intramolecular Hbond substituents is 1. The maximum atomic E-state index is 10.9. The Balaban J connectivity index is 1.90. The number of rotatable bonds is 4. The van der Waals surface area contributed by atoms with Gasteiger partial charge in [-0.25, -0.2) is 0 Å². The zero-order chi connectivity index (χ0) is 16.9. The number of hydrogen-bond donors (Lipinski definition) is 1. The first-order chi connectivity index (χ1) is 11.7. The molecule has 1 aliphatic heterocycles. The van der Waals surface area contributed by atoms with Crippen molar-refractivity contribution in [3.05, 3.63) is 58.1 Å². The zero-order valence-electron chi connectivity index (χ0n) is 13.3. The van der Waals surface area contributed by atoms with Crippen LogP contribution in [0.25, 0.3) is 0 Å². The van der Waals surface area contributed by atoms with Crippen LogP contribution < -0.4 is 4.90 Å². The van der Waals surface area contributed by atoms with Gasteiger partial charge in [0.25, 0.3) is 0 Å². The summed E-state index contributed by atoms with van der Waals surface area (Å²) in [5, 5.41) is 20.9. The van der Waals surface area contributed by atoms with Gasteiger partial charge >= 0.3 is 5.69 Å². The van der Waals surface area contributed by atoms with E-state index in [9.17, 15) is 15.2 Å². The van der Waals surface area contributed by atoms with Crippen LogP contribution >= 0.6 is 0 Å². The van der Waals surface area contributed by atoms with E-state index in [0.717, 1.165) is 24.5 Å². The minimum Gasteiger partial charge on any atom is -0.502 e. The van der Waals surface area contributed by atoms with Gasteiger partial charge in [0, 0.05) is 30.9 Å². The lowest BCUT2D eigenvalue weighted by atomic mass is 10.1. The van der Waals surface area contributed by atoms with Crippen LogP contribution in [0.3, 0.4) is 0 Å². The van der Waals surface area contributed by atoms with Crippen molar-refractivity contribution in [2.45, 2.75) is 19.3 Å². The van der Waals surface area contributed by atoms with Gasteiger partial charge in [0.2, 0.25) is 5.75 Å². The molecule has 0 radical (unpaired) electrons. The van der Waals surface area contributed by atoms with E-state index in [2.05, 4.69) is 9.89 Å². The van der Waals surface area contributed by atoms with E-state index in [1.807, 2.05) is 24.3 Å². The van der Waals surface area contributed by atoms with Crippen molar-refractivity contribution in [3.63, 3.8) is 0 Å². The third-order valence-corrected chi connectivity index (χ3v) is 4.16. The summed E-state index contributed by atoms with van der Waals surface area (Å²) >= 11 is 0. The average molecular weight is 325 g/mol. The molecule has 1 aliphatic rings. The monoisotopic (exact) mass is 325 g/mol. The van der Waals surface area contributed by atoms with Gasteiger partial charge < -0.3 is 10.0 Å². The highest BCUT2D eigenvalue weighted by atomic mass is 16.6. The Labute approximate surface area is 140 Å². The molecular formula is C18H19N3O3. The molecule has 0 spiro atoms. The normalized spacial score (nSPS) is 14.9. The topological polar surface area (TPSA) is 79.0 Å². The van der Waals surface area contributed by atoms with Gasteiger partial charge in [-0.05, 0) is 37.5 Å². The number of piperidine rings is 1. The standard InChI is InChI=1S/C18H19N3O3/c22-18-14(7-6-10-17(18)21(23)24)13-19-15-8-2-3-9-16(15)20-11-4-1-5-12-20/h2-3,6-10,13,22H,1,4-5,11-12H2. The fourth-order valence-corrected chi connectivity index (χ4v) is 2.91. The molecule has 0 bridgehead atoms. The molecule has 0 amide bonds. The molecule has 0 unspecified atom stereocenters. The van der Waals surface area contributed by atoms with Crippen LogP contribution in [0.2, 0.25) is 0 Å². The summed E-state index contributed by atoms with van der Waals surface area (Å²) in [4.78, 5) is 17.1. The van der Waals surface area contributed by atoms with Crippen LogP contribution in [0.5, 0.6) is 5.75 Å². The molecule has 1 N–H and O–H groups in total. The first-order valence-electron chi connectivity index (χ1n) is 8.01. The Bertz CT molecular complexity index is 768. The summed E-state index contributed by atoms with van der Waals surface area (Å²) in [6.07, 6.45) is 5.07. The first-order valence-corrected chi connectivity index (χ1v) is 8.01. The number of aromatic hydroxyl groups is 1. The van der Waals surface area contributed by atoms with Crippen molar-refractivity contribution in [1.82, 2.24) is 0 Å². The largest absolute Gasteiger partial charge is 0.502 e. The summed E-state index contributed by atoms with van der Waals surface area (Å²) in [6.45, 7) is 2.02. The smallest absolute Gasteiger partial charge is 0.311 e. The molecule has 1 saturated heterocycles. The molecule has 124 valence electrons. The summed E-state index contributed by atoms with van der Waals surface area (Å²) in [5.41, 5.74) is 1.87. The predicted octanol–water partition coefficient (Wildman–Crippen LogP) is 4.04. The maximum absolute atomic E-state index is 10.9. The SMILES string of the molecule is O=[N+]([O-])c1cccc(C=Nc2ccccc2N2CCCCC2)c1O. The van der Waals surface area contributed by atoms with Crippen LogP contribution in [0.15, 0.2) is 47.5 Å². The number of aliphatic imine (C=N–C) groups is 1. The molecule has 2 aromatic carbocycles. The molecule has 0 aromatic heterocycles. The molecule has 24 heavy (non-hydrogen) atoms. The highest BCUT2D eigenvalue weighted by Gasteiger charge is 2.16. The van der Waals surface area contributed by atoms with Gasteiger partial charge in [0.15, 0.2) is 0 Å². The number of para-hydroxylation sites is 3. The molecule has 3 rings (SSSR count). The summed E-state index contributed by atoms with van der Waals surface area (Å²) < 4.78 is 0. The molecule has 6 nitrogen and oxygen atoms in total. The zero-order valence-corrected chi connectivity index (χ0v) is 13.3. The Hall–Kier alpha value is -2.89. The number of nitro groups is 1. The number of anilines is 1. The van der Waals surface area contributed by atoms with Crippen LogP contribution in [0.1, 0.15) is 24.8 Å². The third-order valence-electron chi connectivity index (χ3n) is 4.16. The Morgan fingerprint density at radius 2 is 1.83 bits per heavy atom. The molecule has 0 atom stereocenters. The van der Waals surface area contributed by atoms with E-state index < -0.39 is 4.92 Å². The molecule has 0 aliphatic carbocycles. The molecular weight excluding hydrogens is 306 g/mol. The van der Waals surface area contributed by atoms with Crippen molar-refractivity contribution in [3.8, 4) is 5.75 Å². The number of nitrogens with zero attached hydrogens (tertiary/aromatic N) is 3. The van der Waals surface area contributed by atoms with E-state index in [-0.39, 0.29) is 11.4 Å². The minimum absolute atomic E-state index is 0.316. The van der Waals surface area contributed by atoms with Crippen LogP contribution in [0.4, 0.5) is 17.1 Å². The number of phenols is 1. The van der Waals surface area contributed by atoms with E-state index in [4.69, 9.17) is 0 Å². The second-order valence-electron chi connectivity index (χ2n) is 5.77. The first kappa shape index (κ1) is 16.0. The fraction of sp³-hybridized carbons (Fsp3) is 0.278. The summed E-state index contributed by atoms with van der Waals surface area (Å²) in [5.74, 6) is -0.360. The number of benzene rings is 2. The lowest BCUT2D eigenvalue weighted by molar-refractivity contribution is -0.385. The van der Waals surface area contributed by atoms with Crippen LogP contribution in [-0.4, -0.2) is 29.3 Å². The summed E-state index contributed by atoms with van der Waals surface area (Å²) in [7, 11) is 0. The second-order valence-corrected chi connectivity index (χ2v) is 5.77. The second kappa shape index (κ2) is 7.12. The quantitative estimate of drug-likeness (QED) is 0.522. The summed E-state index contributed by atoms with van der Waals surface area (Å²) in [6, 6.07) is 12.3. The minimum atomic E-state index is -0.603. The van der Waals surface area contributed by atoms with Crippen molar-refractivity contribution in [2.75, 3.05) is 18.0 Å². The maximum Gasteiger partial charge on any atom is 0.311 e. The highest BCUT2D eigenvalue weighted by Crippen LogP contribution is 2.32. The van der Waals surface area contributed by atoms with Gasteiger partial charge in [-0.2, -0.15) is 0 Å². The van der Waals surface area contributed by atoms with Crippen molar-refractivity contribution in [1.29, 1.82) is 0 Å². The number of hydrogen-bond acceptors (Lipinski definition) is 5. The van der Waals surface area contributed by atoms with E-state index in [0.29, 0.717) is 5.56 Å². The molecule has 2 aromatic rings. The molecule has 1 heterocycles. The highest BCUT2D eigenvalue weighted by molar-refractivity contribution is 5.88. The van der Waals surface area contributed by atoms with Crippen molar-refractivity contribution < 1.29 is 10.0 Å². The van der Waals surface area contributed by atoms with Crippen LogP contribution in [-0.2, 0) is 0 Å². The third kappa shape index (κ3) is 3.37. The Morgan fingerprint density at radius 1 is 1.08 bits per heavy atom. The average Bonchev–Trinajstić information content (AvgIpc) is 2.61. The van der Waals surface area contributed by atoms with Gasteiger partial charge in [-0.3, -0.25) is 15.1 Å². The Morgan fingerprint density at radius 3 is 2.58 bits per heavy atom. The fourth-order valence-electron chi connectivity index (χ4n) is 2.91. The number of nitro benzene ring substituents is 1. The van der Waals surface area contributed by atoms with E-state index >= 15 is 0 Å². The van der Waals surface area contributed by atoms with Crippen LogP contribution in [0, 0.1) is 10.1 Å². The Kier molecular flexibility index (Phi) is 4.74. The molecule has 6 heteroatoms. The molecule has 1 fully saturated rings. The van der Waals surface area contributed by atoms with Crippen molar-refractivity contribution >= 4 is 23.3 Å². The molecule has 0 saturated carbocycles. The van der Waals surface area contributed by atoms with Gasteiger partial charge in [-0.15, -0.1) is 0 Å². The van der Waals surface area contributed by atoms with E-state index in [1.54, 1.807) is 6.07 Å².